The summed E-state index contributed by atoms with van der Waals surface area (Å²) in [5.41, 5.74) is -5.97. The number of fused-ring (bicyclic) bond motifs is 7. The number of carbonyl (C=O) groups excluding carboxylic acids is 3. The number of esters is 1. The van der Waals surface area contributed by atoms with E-state index in [1.807, 2.05) is 13.8 Å². The Morgan fingerprint density at radius 2 is 2.00 bits per heavy atom. The Balaban J connectivity index is 1.51. The minimum absolute atomic E-state index is 0.0686. The molecule has 0 aromatic heterocycles. The molecule has 5 rings (SSSR count). The van der Waals surface area contributed by atoms with E-state index in [1.54, 1.807) is 6.92 Å². The van der Waals surface area contributed by atoms with Crippen LogP contribution in [0.1, 0.15) is 59.3 Å². The number of nitrogens with zero attached hydrogens (tertiary/aromatic N) is 2. The lowest BCUT2D eigenvalue weighted by Crippen LogP contribution is -2.70. The summed E-state index contributed by atoms with van der Waals surface area (Å²) < 4.78 is 38.1. The molecule has 0 amide bonds. The summed E-state index contributed by atoms with van der Waals surface area (Å²) in [6.45, 7) is 5.15. The Morgan fingerprint density at radius 3 is 2.72 bits per heavy atom. The summed E-state index contributed by atoms with van der Waals surface area (Å²) in [7, 11) is 0. The minimum Gasteiger partial charge on any atom is -0.458 e. The van der Waals surface area contributed by atoms with E-state index >= 15 is 8.78 Å². The topological polar surface area (TPSA) is 105 Å². The smallest absolute Gasteiger partial charge is 0.306 e. The number of aliphatic hydroxyl groups is 1. The van der Waals surface area contributed by atoms with E-state index in [0.29, 0.717) is 12.8 Å². The van der Waals surface area contributed by atoms with Crippen LogP contribution < -0.4 is 0 Å². The van der Waals surface area contributed by atoms with Gasteiger partial charge in [-0.2, -0.15) is 10.2 Å². The van der Waals surface area contributed by atoms with Crippen LogP contribution in [0.5, 0.6) is 0 Å². The average Bonchev–Trinajstić information content (AvgIpc) is 3.36. The molecule has 5 aliphatic rings. The highest BCUT2D eigenvalue weighted by Gasteiger charge is 2.78. The van der Waals surface area contributed by atoms with Gasteiger partial charge in [0, 0.05) is 29.1 Å². The zero-order valence-corrected chi connectivity index (χ0v) is 21.0. The first kappa shape index (κ1) is 25.4. The summed E-state index contributed by atoms with van der Waals surface area (Å²) in [5, 5.41) is 20.1. The van der Waals surface area contributed by atoms with E-state index in [2.05, 4.69) is 10.2 Å². The molecule has 0 spiro atoms. The zero-order valence-electron chi connectivity index (χ0n) is 21.0. The van der Waals surface area contributed by atoms with Crippen LogP contribution >= 0.6 is 0 Å². The van der Waals surface area contributed by atoms with Gasteiger partial charge >= 0.3 is 5.97 Å². The van der Waals surface area contributed by atoms with E-state index in [-0.39, 0.29) is 37.3 Å². The second kappa shape index (κ2) is 8.36. The number of ketones is 2. The molecule has 0 bridgehead atoms. The van der Waals surface area contributed by atoms with Gasteiger partial charge in [0.25, 0.3) is 0 Å². The van der Waals surface area contributed by atoms with E-state index in [9.17, 15) is 19.5 Å². The second-order valence-electron chi connectivity index (χ2n) is 11.7. The van der Waals surface area contributed by atoms with Crippen molar-refractivity contribution in [2.24, 2.45) is 38.8 Å². The molecule has 3 saturated carbocycles. The number of ether oxygens (including phenoxy) is 1. The molecule has 196 valence electrons. The molecule has 0 radical (unpaired) electrons. The number of hydrogen-bond acceptors (Lipinski definition) is 7. The highest BCUT2D eigenvalue weighted by Crippen LogP contribution is 2.72. The maximum Gasteiger partial charge on any atom is 0.306 e. The van der Waals surface area contributed by atoms with Crippen molar-refractivity contribution in [1.82, 2.24) is 0 Å². The van der Waals surface area contributed by atoms with E-state index in [0.717, 1.165) is 12.5 Å². The van der Waals surface area contributed by atoms with E-state index in [4.69, 9.17) is 4.74 Å². The Morgan fingerprint density at radius 1 is 1.25 bits per heavy atom. The molecule has 0 aromatic carbocycles. The number of Topliss-reactive ketones (excluding diaryl/α,β-unsaturated/α-hetero) is 1. The molecule has 0 unspecified atom stereocenters. The molecule has 9 heteroatoms. The number of hydrogen-bond donors (Lipinski definition) is 1. The maximum atomic E-state index is 17.3. The average molecular weight is 505 g/mol. The summed E-state index contributed by atoms with van der Waals surface area (Å²) in [6.07, 6.45) is 2.61. The first-order valence-corrected chi connectivity index (χ1v) is 13.0. The Hall–Kier alpha value is -2.29. The van der Waals surface area contributed by atoms with Gasteiger partial charge in [0.1, 0.15) is 6.17 Å². The number of aliphatic hydroxyl groups excluding tert-OH is 1. The van der Waals surface area contributed by atoms with Gasteiger partial charge in [-0.1, -0.05) is 26.3 Å². The zero-order chi connectivity index (χ0) is 26.1. The predicted molar refractivity (Wildman–Crippen MR) is 125 cm³/mol. The molecule has 7 nitrogen and oxygen atoms in total. The molecule has 1 heterocycles. The van der Waals surface area contributed by atoms with Crippen LogP contribution in [-0.2, 0) is 19.1 Å². The maximum absolute atomic E-state index is 17.3. The summed E-state index contributed by atoms with van der Waals surface area (Å²) >= 11 is 0. The van der Waals surface area contributed by atoms with E-state index < -0.39 is 70.3 Å². The summed E-state index contributed by atoms with van der Waals surface area (Å²) in [6, 6.07) is 0. The Kier molecular flexibility index (Phi) is 5.89. The van der Waals surface area contributed by atoms with Crippen LogP contribution in [-0.4, -0.2) is 59.3 Å². The van der Waals surface area contributed by atoms with Gasteiger partial charge < -0.3 is 9.84 Å². The fourth-order valence-corrected chi connectivity index (χ4v) is 8.27. The number of alkyl halides is 2. The molecule has 36 heavy (non-hydrogen) atoms. The molecule has 3 fully saturated rings. The van der Waals surface area contributed by atoms with Crippen LogP contribution in [0.2, 0.25) is 0 Å². The quantitative estimate of drug-likeness (QED) is 0.550. The SMILES string of the molecule is CCCCC(=O)OCC(=O)[C@@]12N=NC[C@@H]1C[C@H]1[C@@H]3C[C@H](F)C4=CC(=O)C=C[C@]4(C)[C@@]3(F)[C@@H](O)C[C@@]12C. The molecular weight excluding hydrogens is 470 g/mol. The van der Waals surface area contributed by atoms with Crippen molar-refractivity contribution in [2.45, 2.75) is 82.8 Å². The standard InChI is InChI=1S/C27H34F2N2O5/c1-4-5-6-23(35)36-14-22(34)27-15(13-30-31-27)9-17-18-11-20(28)19-10-16(32)7-8-24(19,2)26(18,29)21(33)12-25(17,27)3/h7-8,10,15,17-18,20-21,33H,4-6,9,11-14H2,1-3H3/t15-,17-,18-,20-,21-,24-,25-,26-,27-/m0/s1. The van der Waals surface area contributed by atoms with Crippen LogP contribution in [0, 0.1) is 28.6 Å². The van der Waals surface area contributed by atoms with Crippen molar-refractivity contribution in [1.29, 1.82) is 0 Å². The predicted octanol–water partition coefficient (Wildman–Crippen LogP) is 4.04. The number of unbranched alkanes of at least 4 members (excludes halogenated alkanes) is 1. The van der Waals surface area contributed by atoms with Crippen molar-refractivity contribution < 1.29 is 33.0 Å². The Labute approximate surface area is 209 Å². The van der Waals surface area contributed by atoms with Crippen molar-refractivity contribution in [3.63, 3.8) is 0 Å². The van der Waals surface area contributed by atoms with Crippen LogP contribution in [0.15, 0.2) is 34.0 Å². The third-order valence-electron chi connectivity index (χ3n) is 10.1. The molecular formula is C27H34F2N2O5. The van der Waals surface area contributed by atoms with Gasteiger partial charge in [-0.15, -0.1) is 0 Å². The van der Waals surface area contributed by atoms with Gasteiger partial charge in [0.15, 0.2) is 23.6 Å². The van der Waals surface area contributed by atoms with Crippen LogP contribution in [0.4, 0.5) is 8.78 Å². The van der Waals surface area contributed by atoms with Crippen molar-refractivity contribution in [3.05, 3.63) is 23.8 Å². The van der Waals surface area contributed by atoms with Crippen molar-refractivity contribution in [3.8, 4) is 0 Å². The number of azo groups is 1. The van der Waals surface area contributed by atoms with Crippen LogP contribution in [0.25, 0.3) is 0 Å². The molecule has 1 aliphatic heterocycles. The molecule has 9 atom stereocenters. The first-order chi connectivity index (χ1) is 17.0. The lowest BCUT2D eigenvalue weighted by Gasteiger charge is -2.62. The highest BCUT2D eigenvalue weighted by atomic mass is 19.1. The summed E-state index contributed by atoms with van der Waals surface area (Å²) in [5.74, 6) is -2.93. The van der Waals surface area contributed by atoms with Crippen molar-refractivity contribution in [2.75, 3.05) is 13.2 Å². The molecule has 0 saturated heterocycles. The number of carbonyl (C=O) groups is 3. The Bertz CT molecular complexity index is 1090. The fourth-order valence-electron chi connectivity index (χ4n) is 8.27. The fraction of sp³-hybridized carbons (Fsp3) is 0.741. The minimum atomic E-state index is -2.21. The lowest BCUT2D eigenvalue weighted by atomic mass is 9.44. The number of allylic oxidation sites excluding steroid dienone is 4. The number of rotatable bonds is 6. The normalized spacial score (nSPS) is 46.4. The van der Waals surface area contributed by atoms with Gasteiger partial charge in [-0.05, 0) is 56.3 Å². The summed E-state index contributed by atoms with van der Waals surface area (Å²) in [4.78, 5) is 37.8. The molecule has 4 aliphatic carbocycles. The van der Waals surface area contributed by atoms with Crippen molar-refractivity contribution >= 4 is 17.5 Å². The van der Waals surface area contributed by atoms with E-state index in [1.165, 1.54) is 12.2 Å². The third kappa shape index (κ3) is 3.07. The van der Waals surface area contributed by atoms with Gasteiger partial charge in [-0.25, -0.2) is 8.78 Å². The number of halogens is 2. The lowest BCUT2D eigenvalue weighted by molar-refractivity contribution is -0.204. The first-order valence-electron chi connectivity index (χ1n) is 13.0. The highest BCUT2D eigenvalue weighted by molar-refractivity contribution is 6.01. The molecule has 1 N–H and O–H groups in total. The largest absolute Gasteiger partial charge is 0.458 e. The van der Waals surface area contributed by atoms with Gasteiger partial charge in [-0.3, -0.25) is 14.4 Å². The van der Waals surface area contributed by atoms with Crippen LogP contribution in [0.3, 0.4) is 0 Å². The second-order valence-corrected chi connectivity index (χ2v) is 11.7. The molecule has 0 aromatic rings. The third-order valence-corrected chi connectivity index (χ3v) is 10.1. The van der Waals surface area contributed by atoms with Gasteiger partial charge in [0.2, 0.25) is 5.78 Å². The van der Waals surface area contributed by atoms with Gasteiger partial charge in [0.05, 0.1) is 12.6 Å². The monoisotopic (exact) mass is 504 g/mol.